The normalized spacial score (nSPS) is 15.1. The van der Waals surface area contributed by atoms with E-state index in [0.29, 0.717) is 10.5 Å². The highest BCUT2D eigenvalue weighted by molar-refractivity contribution is 5.88. The van der Waals surface area contributed by atoms with E-state index < -0.39 is 0 Å². The fraction of sp³-hybridized carbons (Fsp3) is 0.438. The van der Waals surface area contributed by atoms with E-state index in [2.05, 4.69) is 77.5 Å². The van der Waals surface area contributed by atoms with E-state index in [1.165, 1.54) is 11.3 Å². The molecule has 1 atom stereocenters. The van der Waals surface area contributed by atoms with Crippen LogP contribution in [0.5, 0.6) is 0 Å². The van der Waals surface area contributed by atoms with E-state index >= 15 is 0 Å². The maximum atomic E-state index is 4.76. The maximum Gasteiger partial charge on any atom is 0.0923 e. The SMILES string of the molecule is C/C=C/CC(/C(C)=N/[N+](C)(C)C)c1ccccc1. The summed E-state index contributed by atoms with van der Waals surface area (Å²) < 4.78 is 0.616. The molecule has 0 spiro atoms. The minimum Gasteiger partial charge on any atom is -0.205 e. The molecule has 98 valence electrons. The van der Waals surface area contributed by atoms with Gasteiger partial charge in [0.2, 0.25) is 0 Å². The second-order valence-corrected chi connectivity index (χ2v) is 5.45. The summed E-state index contributed by atoms with van der Waals surface area (Å²) in [6.45, 7) is 4.19. The van der Waals surface area contributed by atoms with Crippen LogP contribution < -0.4 is 0 Å². The highest BCUT2D eigenvalue weighted by Gasteiger charge is 2.17. The van der Waals surface area contributed by atoms with Gasteiger partial charge in [0.05, 0.1) is 26.9 Å². The molecular weight excluding hydrogens is 220 g/mol. The van der Waals surface area contributed by atoms with Crippen molar-refractivity contribution in [3.05, 3.63) is 48.0 Å². The Morgan fingerprint density at radius 1 is 1.22 bits per heavy atom. The Labute approximate surface area is 111 Å². The van der Waals surface area contributed by atoms with E-state index in [1.807, 2.05) is 0 Å². The second kappa shape index (κ2) is 6.50. The molecule has 0 saturated carbocycles. The van der Waals surface area contributed by atoms with Crippen molar-refractivity contribution < 1.29 is 4.59 Å². The smallest absolute Gasteiger partial charge is 0.0923 e. The molecule has 0 heterocycles. The fourth-order valence-electron chi connectivity index (χ4n) is 2.05. The average Bonchev–Trinajstić information content (AvgIpc) is 2.28. The molecule has 0 saturated heterocycles. The van der Waals surface area contributed by atoms with Gasteiger partial charge in [-0.1, -0.05) is 47.6 Å². The van der Waals surface area contributed by atoms with Gasteiger partial charge in [0.1, 0.15) is 0 Å². The lowest BCUT2D eigenvalue weighted by Crippen LogP contribution is -2.30. The van der Waals surface area contributed by atoms with Gasteiger partial charge in [-0.15, -0.1) is 0 Å². The van der Waals surface area contributed by atoms with Crippen LogP contribution in [0.3, 0.4) is 0 Å². The number of rotatable bonds is 5. The molecule has 18 heavy (non-hydrogen) atoms. The fourth-order valence-corrected chi connectivity index (χ4v) is 2.05. The van der Waals surface area contributed by atoms with Crippen LogP contribution in [0, 0.1) is 0 Å². The lowest BCUT2D eigenvalue weighted by atomic mass is 9.91. The van der Waals surface area contributed by atoms with Gasteiger partial charge in [0.15, 0.2) is 0 Å². The summed E-state index contributed by atoms with van der Waals surface area (Å²) in [4.78, 5) is 0. The first kappa shape index (κ1) is 14.7. The first-order valence-electron chi connectivity index (χ1n) is 6.48. The number of hydrogen-bond acceptors (Lipinski definition) is 1. The van der Waals surface area contributed by atoms with Gasteiger partial charge in [0, 0.05) is 5.92 Å². The topological polar surface area (TPSA) is 12.4 Å². The number of hydrogen-bond donors (Lipinski definition) is 0. The molecule has 1 aromatic rings. The Morgan fingerprint density at radius 3 is 2.33 bits per heavy atom. The monoisotopic (exact) mass is 245 g/mol. The van der Waals surface area contributed by atoms with E-state index in [-0.39, 0.29) is 0 Å². The molecule has 0 aliphatic heterocycles. The van der Waals surface area contributed by atoms with Gasteiger partial charge in [0.25, 0.3) is 0 Å². The van der Waals surface area contributed by atoms with Crippen molar-refractivity contribution in [1.29, 1.82) is 0 Å². The van der Waals surface area contributed by atoms with Crippen LogP contribution in [0.15, 0.2) is 47.6 Å². The molecule has 0 fully saturated rings. The molecule has 1 unspecified atom stereocenters. The highest BCUT2D eigenvalue weighted by atomic mass is 15.6. The molecule has 2 heteroatoms. The predicted octanol–water partition coefficient (Wildman–Crippen LogP) is 3.82. The van der Waals surface area contributed by atoms with Gasteiger partial charge in [-0.25, -0.2) is 4.59 Å². The predicted molar refractivity (Wildman–Crippen MR) is 79.8 cm³/mol. The largest absolute Gasteiger partial charge is 0.205 e. The van der Waals surface area contributed by atoms with Crippen LogP contribution in [0.25, 0.3) is 0 Å². The van der Waals surface area contributed by atoms with Crippen molar-refractivity contribution in [2.75, 3.05) is 21.1 Å². The summed E-state index contributed by atoms with van der Waals surface area (Å²) in [5.74, 6) is 0.375. The van der Waals surface area contributed by atoms with E-state index in [0.717, 1.165) is 6.42 Å². The summed E-state index contributed by atoms with van der Waals surface area (Å²) >= 11 is 0. The van der Waals surface area contributed by atoms with Crippen molar-refractivity contribution in [2.24, 2.45) is 5.10 Å². The zero-order chi connectivity index (χ0) is 13.6. The van der Waals surface area contributed by atoms with Crippen molar-refractivity contribution in [3.8, 4) is 0 Å². The molecule has 0 radical (unpaired) electrons. The standard InChI is InChI=1S/C16H25N2/c1-6-7-13-16(14(2)17-18(3,4)5)15-11-9-8-10-12-15/h6-12,16H,13H2,1-5H3/q+1/b7-6+,17-14+. The summed E-state index contributed by atoms with van der Waals surface area (Å²) in [5.41, 5.74) is 2.53. The van der Waals surface area contributed by atoms with Crippen molar-refractivity contribution in [1.82, 2.24) is 0 Å². The summed E-state index contributed by atoms with van der Waals surface area (Å²) in [6, 6.07) is 10.6. The molecular formula is C16H25N2+. The zero-order valence-corrected chi connectivity index (χ0v) is 12.2. The summed E-state index contributed by atoms with van der Waals surface area (Å²) in [7, 11) is 6.25. The molecule has 1 rings (SSSR count). The van der Waals surface area contributed by atoms with Gasteiger partial charge in [-0.2, -0.15) is 0 Å². The first-order chi connectivity index (χ1) is 8.44. The molecule has 1 aromatic carbocycles. The first-order valence-corrected chi connectivity index (χ1v) is 6.48. The van der Waals surface area contributed by atoms with Gasteiger partial charge >= 0.3 is 0 Å². The molecule has 0 N–H and O–H groups in total. The van der Waals surface area contributed by atoms with Crippen LogP contribution in [-0.4, -0.2) is 31.4 Å². The Bertz CT molecular complexity index is 410. The molecule has 0 aromatic heterocycles. The van der Waals surface area contributed by atoms with Gasteiger partial charge < -0.3 is 0 Å². The van der Waals surface area contributed by atoms with Crippen molar-refractivity contribution >= 4 is 5.71 Å². The number of benzene rings is 1. The molecule has 0 aliphatic carbocycles. The Balaban J connectivity index is 3.03. The van der Waals surface area contributed by atoms with E-state index in [4.69, 9.17) is 5.10 Å². The second-order valence-electron chi connectivity index (χ2n) is 5.45. The lowest BCUT2D eigenvalue weighted by Gasteiger charge is -2.21. The third-order valence-corrected chi connectivity index (χ3v) is 2.77. The van der Waals surface area contributed by atoms with Gasteiger partial charge in [-0.05, 0) is 25.8 Å². The van der Waals surface area contributed by atoms with E-state index in [1.54, 1.807) is 0 Å². The number of quaternary nitrogens is 1. The third-order valence-electron chi connectivity index (χ3n) is 2.77. The molecule has 0 aliphatic rings. The number of nitrogens with zero attached hydrogens (tertiary/aromatic N) is 2. The third kappa shape index (κ3) is 4.84. The highest BCUT2D eigenvalue weighted by Crippen LogP contribution is 2.22. The Hall–Kier alpha value is -1.41. The van der Waals surface area contributed by atoms with E-state index in [9.17, 15) is 0 Å². The average molecular weight is 245 g/mol. The summed E-state index contributed by atoms with van der Waals surface area (Å²) in [6.07, 6.45) is 5.33. The zero-order valence-electron chi connectivity index (χ0n) is 12.2. The lowest BCUT2D eigenvalue weighted by molar-refractivity contribution is -0.877. The van der Waals surface area contributed by atoms with Crippen LogP contribution in [0.2, 0.25) is 0 Å². The quantitative estimate of drug-likeness (QED) is 0.324. The molecule has 0 bridgehead atoms. The molecule has 0 amide bonds. The Morgan fingerprint density at radius 2 is 1.83 bits per heavy atom. The minimum absolute atomic E-state index is 0.375. The minimum atomic E-state index is 0.375. The van der Waals surface area contributed by atoms with Gasteiger partial charge in [-0.3, -0.25) is 0 Å². The van der Waals surface area contributed by atoms with Crippen molar-refractivity contribution in [2.45, 2.75) is 26.2 Å². The van der Waals surface area contributed by atoms with Crippen LogP contribution in [-0.2, 0) is 0 Å². The summed E-state index contributed by atoms with van der Waals surface area (Å²) in [5, 5.41) is 4.76. The maximum absolute atomic E-state index is 4.76. The Kier molecular flexibility index (Phi) is 5.29. The van der Waals surface area contributed by atoms with Crippen LogP contribution >= 0.6 is 0 Å². The van der Waals surface area contributed by atoms with Crippen LogP contribution in [0.1, 0.15) is 31.7 Å². The van der Waals surface area contributed by atoms with Crippen LogP contribution in [0.4, 0.5) is 0 Å². The van der Waals surface area contributed by atoms with Crippen molar-refractivity contribution in [3.63, 3.8) is 0 Å². The number of allylic oxidation sites excluding steroid dienone is 2. The molecule has 2 nitrogen and oxygen atoms in total.